The van der Waals surface area contributed by atoms with Crippen LogP contribution in [0.3, 0.4) is 0 Å². The highest BCUT2D eigenvalue weighted by atomic mass is 16.4. The first-order chi connectivity index (χ1) is 7.85. The molecule has 0 heterocycles. The molecule has 0 radical (unpaired) electrons. The van der Waals surface area contributed by atoms with Gasteiger partial charge >= 0.3 is 11.9 Å². The molecule has 0 spiro atoms. The van der Waals surface area contributed by atoms with Crippen molar-refractivity contribution in [1.82, 2.24) is 0 Å². The molecule has 0 aromatic carbocycles. The predicted octanol–water partition coefficient (Wildman–Crippen LogP) is 1.85. The lowest BCUT2D eigenvalue weighted by Gasteiger charge is -2.27. The van der Waals surface area contributed by atoms with Gasteiger partial charge in [-0.1, -0.05) is 39.5 Å². The number of hydrogen-bond acceptors (Lipinski definition) is 3. The molecule has 0 fully saturated rings. The van der Waals surface area contributed by atoms with E-state index in [2.05, 4.69) is 6.92 Å². The lowest BCUT2D eigenvalue weighted by Crippen LogP contribution is -2.50. The fraction of sp³-hybridized carbons (Fsp3) is 0.833. The van der Waals surface area contributed by atoms with Gasteiger partial charge in [0.25, 0.3) is 0 Å². The van der Waals surface area contributed by atoms with Crippen LogP contribution in [0, 0.1) is 5.92 Å². The molecule has 0 saturated carbocycles. The van der Waals surface area contributed by atoms with Crippen LogP contribution >= 0.6 is 0 Å². The van der Waals surface area contributed by atoms with Gasteiger partial charge in [0, 0.05) is 0 Å². The summed E-state index contributed by atoms with van der Waals surface area (Å²) in [6.07, 6.45) is 3.49. The summed E-state index contributed by atoms with van der Waals surface area (Å²) in [4.78, 5) is 21.8. The van der Waals surface area contributed by atoms with Crippen molar-refractivity contribution in [3.63, 3.8) is 0 Å². The monoisotopic (exact) mass is 245 g/mol. The second kappa shape index (κ2) is 7.27. The number of carbonyl (C=O) groups is 2. The number of rotatable bonds is 9. The highest BCUT2D eigenvalue weighted by Crippen LogP contribution is 2.25. The zero-order valence-corrected chi connectivity index (χ0v) is 10.6. The number of nitrogens with two attached hydrogens (primary N) is 1. The maximum absolute atomic E-state index is 11.1. The molecule has 4 N–H and O–H groups in total. The molecule has 2 atom stereocenters. The molecule has 0 aliphatic carbocycles. The molecule has 0 bridgehead atoms. The van der Waals surface area contributed by atoms with Crippen molar-refractivity contribution < 1.29 is 19.8 Å². The molecule has 0 rings (SSSR count). The zero-order valence-electron chi connectivity index (χ0n) is 10.6. The Balaban J connectivity index is 4.60. The van der Waals surface area contributed by atoms with E-state index in [9.17, 15) is 9.59 Å². The van der Waals surface area contributed by atoms with Crippen molar-refractivity contribution in [2.45, 2.75) is 57.9 Å². The van der Waals surface area contributed by atoms with Gasteiger partial charge in [-0.2, -0.15) is 0 Å². The fourth-order valence-corrected chi connectivity index (χ4v) is 1.96. The van der Waals surface area contributed by atoms with Gasteiger partial charge in [-0.3, -0.25) is 9.59 Å². The Bertz CT molecular complexity index is 267. The summed E-state index contributed by atoms with van der Waals surface area (Å²) in [5.41, 5.74) is 4.07. The third kappa shape index (κ3) is 5.68. The normalized spacial score (nSPS) is 16.2. The summed E-state index contributed by atoms with van der Waals surface area (Å²) in [5, 5.41) is 17.8. The van der Waals surface area contributed by atoms with E-state index in [1.807, 2.05) is 6.92 Å². The van der Waals surface area contributed by atoms with Gasteiger partial charge in [0.1, 0.15) is 5.54 Å². The molecule has 0 aliphatic rings. The van der Waals surface area contributed by atoms with Gasteiger partial charge in [-0.25, -0.2) is 0 Å². The number of hydrogen-bond donors (Lipinski definition) is 3. The standard InChI is InChI=1S/C12H23NO4/c1-3-5-6-9(4-2)7-12(13,11(16)17)8-10(14)15/h9H,3-8,13H2,1-2H3,(H,14,15)(H,16,17). The Labute approximate surface area is 102 Å². The van der Waals surface area contributed by atoms with Crippen LogP contribution in [0.4, 0.5) is 0 Å². The third-order valence-electron chi connectivity index (χ3n) is 3.09. The topological polar surface area (TPSA) is 101 Å². The molecule has 5 heteroatoms. The second-order valence-electron chi connectivity index (χ2n) is 4.65. The first kappa shape index (κ1) is 15.9. The van der Waals surface area contributed by atoms with Crippen molar-refractivity contribution >= 4 is 11.9 Å². The van der Waals surface area contributed by atoms with Crippen LogP contribution in [0.1, 0.15) is 52.4 Å². The first-order valence-corrected chi connectivity index (χ1v) is 6.09. The number of carboxylic acids is 2. The average molecular weight is 245 g/mol. The van der Waals surface area contributed by atoms with E-state index in [1.54, 1.807) is 0 Å². The lowest BCUT2D eigenvalue weighted by atomic mass is 9.82. The van der Waals surface area contributed by atoms with Crippen LogP contribution in [0.15, 0.2) is 0 Å². The van der Waals surface area contributed by atoms with Gasteiger partial charge in [-0.05, 0) is 12.3 Å². The van der Waals surface area contributed by atoms with Crippen LogP contribution in [0.2, 0.25) is 0 Å². The smallest absolute Gasteiger partial charge is 0.324 e. The molecule has 0 aliphatic heterocycles. The van der Waals surface area contributed by atoms with Crippen LogP contribution < -0.4 is 5.73 Å². The van der Waals surface area contributed by atoms with Crippen LogP contribution in [0.25, 0.3) is 0 Å². The Hall–Kier alpha value is -1.10. The van der Waals surface area contributed by atoms with Gasteiger partial charge in [-0.15, -0.1) is 0 Å². The average Bonchev–Trinajstić information content (AvgIpc) is 2.22. The Morgan fingerprint density at radius 1 is 1.29 bits per heavy atom. The minimum atomic E-state index is -1.64. The molecule has 100 valence electrons. The zero-order chi connectivity index (χ0) is 13.5. The summed E-state index contributed by atoms with van der Waals surface area (Å²) in [7, 11) is 0. The highest BCUT2D eigenvalue weighted by molar-refractivity contribution is 5.84. The Morgan fingerprint density at radius 3 is 2.24 bits per heavy atom. The van der Waals surface area contributed by atoms with Crippen molar-refractivity contribution in [2.75, 3.05) is 0 Å². The Kier molecular flexibility index (Phi) is 6.80. The van der Waals surface area contributed by atoms with E-state index >= 15 is 0 Å². The summed E-state index contributed by atoms with van der Waals surface area (Å²) in [5.74, 6) is -2.22. The van der Waals surface area contributed by atoms with Gasteiger partial charge in [0.2, 0.25) is 0 Å². The Morgan fingerprint density at radius 2 is 1.88 bits per heavy atom. The van der Waals surface area contributed by atoms with E-state index in [1.165, 1.54) is 0 Å². The van der Waals surface area contributed by atoms with E-state index in [0.29, 0.717) is 0 Å². The minimum absolute atomic E-state index is 0.176. The third-order valence-corrected chi connectivity index (χ3v) is 3.09. The maximum atomic E-state index is 11.1. The molecule has 0 saturated heterocycles. The van der Waals surface area contributed by atoms with Crippen LogP contribution in [-0.4, -0.2) is 27.7 Å². The summed E-state index contributed by atoms with van der Waals surface area (Å²) < 4.78 is 0. The summed E-state index contributed by atoms with van der Waals surface area (Å²) in [6.45, 7) is 4.04. The van der Waals surface area contributed by atoms with Crippen molar-refractivity contribution in [2.24, 2.45) is 11.7 Å². The molecular weight excluding hydrogens is 222 g/mol. The summed E-state index contributed by atoms with van der Waals surface area (Å²) >= 11 is 0. The van der Waals surface area contributed by atoms with Gasteiger partial charge in [0.05, 0.1) is 6.42 Å². The lowest BCUT2D eigenvalue weighted by molar-refractivity contribution is -0.150. The predicted molar refractivity (Wildman–Crippen MR) is 64.7 cm³/mol. The van der Waals surface area contributed by atoms with Crippen molar-refractivity contribution in [3.05, 3.63) is 0 Å². The quantitative estimate of drug-likeness (QED) is 0.575. The van der Waals surface area contributed by atoms with Crippen molar-refractivity contribution in [3.8, 4) is 0 Å². The molecule has 5 nitrogen and oxygen atoms in total. The number of carboxylic acid groups (broad SMARTS) is 2. The fourth-order valence-electron chi connectivity index (χ4n) is 1.96. The van der Waals surface area contributed by atoms with E-state index in [0.717, 1.165) is 25.7 Å². The van der Waals surface area contributed by atoms with Crippen molar-refractivity contribution in [1.29, 1.82) is 0 Å². The minimum Gasteiger partial charge on any atom is -0.481 e. The first-order valence-electron chi connectivity index (χ1n) is 6.09. The van der Waals surface area contributed by atoms with Crippen LogP contribution in [0.5, 0.6) is 0 Å². The maximum Gasteiger partial charge on any atom is 0.324 e. The van der Waals surface area contributed by atoms with Gasteiger partial charge in [0.15, 0.2) is 0 Å². The SMILES string of the molecule is CCCCC(CC)CC(N)(CC(=O)O)C(=O)O. The summed E-state index contributed by atoms with van der Waals surface area (Å²) in [6, 6.07) is 0. The molecule has 0 aromatic heterocycles. The van der Waals surface area contributed by atoms with Crippen LogP contribution in [-0.2, 0) is 9.59 Å². The molecular formula is C12H23NO4. The molecule has 0 amide bonds. The largest absolute Gasteiger partial charge is 0.481 e. The molecule has 17 heavy (non-hydrogen) atoms. The molecule has 0 aromatic rings. The number of aliphatic carboxylic acids is 2. The van der Waals surface area contributed by atoms with E-state index in [4.69, 9.17) is 15.9 Å². The van der Waals surface area contributed by atoms with Gasteiger partial charge < -0.3 is 15.9 Å². The number of unbranched alkanes of at least 4 members (excludes halogenated alkanes) is 1. The molecule has 2 unspecified atom stereocenters. The second-order valence-corrected chi connectivity index (χ2v) is 4.65. The highest BCUT2D eigenvalue weighted by Gasteiger charge is 2.38. The van der Waals surface area contributed by atoms with E-state index in [-0.39, 0.29) is 12.3 Å². The van der Waals surface area contributed by atoms with E-state index < -0.39 is 23.9 Å².